The number of carbonyl (C=O) groups is 1. The first-order chi connectivity index (χ1) is 4.72. The average molecular weight is 138 g/mol. The largest absolute Gasteiger partial charge is 0.299 e. The molecular formula is C9H14O. The number of carbonyl (C=O) groups excluding carboxylic acids is 1. The summed E-state index contributed by atoms with van der Waals surface area (Å²) in [6, 6.07) is 0. The Labute approximate surface area is 62.1 Å². The van der Waals surface area contributed by atoms with E-state index in [9.17, 15) is 4.79 Å². The van der Waals surface area contributed by atoms with Gasteiger partial charge in [-0.3, -0.25) is 4.79 Å². The van der Waals surface area contributed by atoms with E-state index in [4.69, 9.17) is 0 Å². The lowest BCUT2D eigenvalue weighted by atomic mass is 10.1. The lowest BCUT2D eigenvalue weighted by molar-refractivity contribution is -0.117. The van der Waals surface area contributed by atoms with E-state index in [1.54, 1.807) is 6.92 Å². The van der Waals surface area contributed by atoms with Gasteiger partial charge in [0, 0.05) is 0 Å². The molecule has 0 amide bonds. The summed E-state index contributed by atoms with van der Waals surface area (Å²) < 4.78 is 0. The zero-order valence-electron chi connectivity index (χ0n) is 6.90. The van der Waals surface area contributed by atoms with Crippen molar-refractivity contribution in [2.75, 3.05) is 0 Å². The number of allylic oxidation sites excluding steroid dienone is 2. The molecule has 0 fully saturated rings. The van der Waals surface area contributed by atoms with Gasteiger partial charge < -0.3 is 0 Å². The summed E-state index contributed by atoms with van der Waals surface area (Å²) in [6.45, 7) is 5.92. The Bertz CT molecular complexity index is 175. The molecule has 0 unspecified atom stereocenters. The third-order valence-corrected chi connectivity index (χ3v) is 2.19. The molecule has 1 aliphatic rings. The van der Waals surface area contributed by atoms with Crippen molar-refractivity contribution >= 4 is 5.78 Å². The van der Waals surface area contributed by atoms with Gasteiger partial charge in [-0.1, -0.05) is 25.0 Å². The van der Waals surface area contributed by atoms with Crippen molar-refractivity contribution in [3.63, 3.8) is 0 Å². The third-order valence-electron chi connectivity index (χ3n) is 2.19. The standard InChI is InChI=1S/C9H14O/c1-4-7-8(5-2)9(7)6(3)10/h9H,4-5H2,1-3H3. The fourth-order valence-electron chi connectivity index (χ4n) is 1.67. The van der Waals surface area contributed by atoms with Crippen LogP contribution in [0.5, 0.6) is 0 Å². The predicted molar refractivity (Wildman–Crippen MR) is 41.8 cm³/mol. The van der Waals surface area contributed by atoms with Gasteiger partial charge in [0.1, 0.15) is 5.78 Å². The summed E-state index contributed by atoms with van der Waals surface area (Å²) in [7, 11) is 0. The highest BCUT2D eigenvalue weighted by Gasteiger charge is 2.36. The lowest BCUT2D eigenvalue weighted by Gasteiger charge is -1.89. The summed E-state index contributed by atoms with van der Waals surface area (Å²) in [5.41, 5.74) is 2.80. The van der Waals surface area contributed by atoms with Crippen LogP contribution in [0.15, 0.2) is 11.1 Å². The Morgan fingerprint density at radius 3 is 1.80 bits per heavy atom. The molecule has 56 valence electrons. The van der Waals surface area contributed by atoms with Crippen LogP contribution in [0.25, 0.3) is 0 Å². The van der Waals surface area contributed by atoms with E-state index in [-0.39, 0.29) is 5.92 Å². The maximum absolute atomic E-state index is 10.9. The second kappa shape index (κ2) is 2.57. The SMILES string of the molecule is CCC1=C(CC)C1C(C)=O. The fourth-order valence-corrected chi connectivity index (χ4v) is 1.67. The number of hydrogen-bond acceptors (Lipinski definition) is 1. The molecule has 0 aromatic heterocycles. The van der Waals surface area contributed by atoms with E-state index >= 15 is 0 Å². The van der Waals surface area contributed by atoms with Crippen LogP contribution >= 0.6 is 0 Å². The van der Waals surface area contributed by atoms with Crippen LogP contribution in [0.1, 0.15) is 33.6 Å². The van der Waals surface area contributed by atoms with E-state index in [0.717, 1.165) is 12.8 Å². The van der Waals surface area contributed by atoms with E-state index < -0.39 is 0 Å². The Balaban J connectivity index is 2.55. The Morgan fingerprint density at radius 1 is 1.30 bits per heavy atom. The molecule has 0 N–H and O–H groups in total. The van der Waals surface area contributed by atoms with Gasteiger partial charge in [-0.25, -0.2) is 0 Å². The molecule has 1 rings (SSSR count). The van der Waals surface area contributed by atoms with E-state index in [1.807, 2.05) is 0 Å². The highest BCUT2D eigenvalue weighted by Crippen LogP contribution is 2.43. The van der Waals surface area contributed by atoms with Gasteiger partial charge in [0.15, 0.2) is 0 Å². The molecular weight excluding hydrogens is 124 g/mol. The maximum Gasteiger partial charge on any atom is 0.140 e. The van der Waals surface area contributed by atoms with Crippen molar-refractivity contribution in [2.45, 2.75) is 33.6 Å². The number of rotatable bonds is 3. The van der Waals surface area contributed by atoms with Crippen molar-refractivity contribution in [2.24, 2.45) is 5.92 Å². The van der Waals surface area contributed by atoms with Crippen LogP contribution in [0.4, 0.5) is 0 Å². The quantitative estimate of drug-likeness (QED) is 0.547. The van der Waals surface area contributed by atoms with E-state index in [2.05, 4.69) is 13.8 Å². The molecule has 10 heavy (non-hydrogen) atoms. The molecule has 0 saturated heterocycles. The molecule has 0 aliphatic heterocycles. The predicted octanol–water partition coefficient (Wildman–Crippen LogP) is 2.32. The van der Waals surface area contributed by atoms with Crippen LogP contribution in [0.2, 0.25) is 0 Å². The molecule has 0 spiro atoms. The van der Waals surface area contributed by atoms with Crippen molar-refractivity contribution in [1.29, 1.82) is 0 Å². The molecule has 0 aromatic rings. The molecule has 0 aromatic carbocycles. The van der Waals surface area contributed by atoms with Gasteiger partial charge in [0.2, 0.25) is 0 Å². The minimum Gasteiger partial charge on any atom is -0.299 e. The summed E-state index contributed by atoms with van der Waals surface area (Å²) >= 11 is 0. The molecule has 0 radical (unpaired) electrons. The van der Waals surface area contributed by atoms with Gasteiger partial charge in [0.05, 0.1) is 5.92 Å². The van der Waals surface area contributed by atoms with Crippen molar-refractivity contribution in [3.05, 3.63) is 11.1 Å². The minimum atomic E-state index is 0.259. The average Bonchev–Trinajstić information content (AvgIpc) is 2.60. The minimum absolute atomic E-state index is 0.259. The zero-order valence-corrected chi connectivity index (χ0v) is 6.90. The second-order valence-electron chi connectivity index (χ2n) is 2.80. The third kappa shape index (κ3) is 1.00. The van der Waals surface area contributed by atoms with Crippen molar-refractivity contribution < 1.29 is 4.79 Å². The fraction of sp³-hybridized carbons (Fsp3) is 0.667. The van der Waals surface area contributed by atoms with Gasteiger partial charge in [0.25, 0.3) is 0 Å². The number of ketones is 1. The monoisotopic (exact) mass is 138 g/mol. The van der Waals surface area contributed by atoms with Gasteiger partial charge in [-0.05, 0) is 19.8 Å². The smallest absolute Gasteiger partial charge is 0.140 e. The maximum atomic E-state index is 10.9. The molecule has 0 heterocycles. The summed E-state index contributed by atoms with van der Waals surface area (Å²) in [5, 5.41) is 0. The first-order valence-electron chi connectivity index (χ1n) is 3.94. The van der Waals surface area contributed by atoms with Crippen LogP contribution in [-0.4, -0.2) is 5.78 Å². The molecule has 0 saturated carbocycles. The summed E-state index contributed by atoms with van der Waals surface area (Å²) in [6.07, 6.45) is 2.13. The highest BCUT2D eigenvalue weighted by molar-refractivity contribution is 5.90. The highest BCUT2D eigenvalue weighted by atomic mass is 16.1. The molecule has 0 atom stereocenters. The second-order valence-corrected chi connectivity index (χ2v) is 2.80. The Kier molecular flexibility index (Phi) is 1.93. The first kappa shape index (κ1) is 7.52. The molecule has 1 heteroatoms. The number of Topliss-reactive ketones (excluding diaryl/α,β-unsaturated/α-hetero) is 1. The van der Waals surface area contributed by atoms with Gasteiger partial charge in [-0.15, -0.1) is 0 Å². The first-order valence-corrected chi connectivity index (χ1v) is 3.94. The number of hydrogen-bond donors (Lipinski definition) is 0. The Hall–Kier alpha value is -0.590. The Morgan fingerprint density at radius 2 is 1.70 bits per heavy atom. The topological polar surface area (TPSA) is 17.1 Å². The summed E-state index contributed by atoms with van der Waals surface area (Å²) in [5.74, 6) is 0.587. The lowest BCUT2D eigenvalue weighted by Crippen LogP contribution is -1.97. The molecule has 1 nitrogen and oxygen atoms in total. The van der Waals surface area contributed by atoms with Gasteiger partial charge in [-0.2, -0.15) is 0 Å². The van der Waals surface area contributed by atoms with Crippen LogP contribution in [-0.2, 0) is 4.79 Å². The van der Waals surface area contributed by atoms with Crippen molar-refractivity contribution in [3.8, 4) is 0 Å². The zero-order chi connectivity index (χ0) is 7.72. The van der Waals surface area contributed by atoms with Crippen LogP contribution in [0, 0.1) is 5.92 Å². The molecule has 1 aliphatic carbocycles. The van der Waals surface area contributed by atoms with E-state index in [0.29, 0.717) is 5.78 Å². The van der Waals surface area contributed by atoms with Crippen molar-refractivity contribution in [1.82, 2.24) is 0 Å². The molecule has 0 bridgehead atoms. The van der Waals surface area contributed by atoms with Gasteiger partial charge >= 0.3 is 0 Å². The normalized spacial score (nSPS) is 17.9. The summed E-state index contributed by atoms with van der Waals surface area (Å²) in [4.78, 5) is 10.9. The van der Waals surface area contributed by atoms with Crippen LogP contribution in [0.3, 0.4) is 0 Å². The van der Waals surface area contributed by atoms with Crippen LogP contribution < -0.4 is 0 Å². The van der Waals surface area contributed by atoms with E-state index in [1.165, 1.54) is 11.1 Å².